The third-order valence-electron chi connectivity index (χ3n) is 4.24. The van der Waals surface area contributed by atoms with Crippen LogP contribution >= 0.6 is 15.9 Å². The van der Waals surface area contributed by atoms with Crippen LogP contribution in [0.25, 0.3) is 10.9 Å². The van der Waals surface area contributed by atoms with Gasteiger partial charge in [-0.2, -0.15) is 0 Å². The Hall–Kier alpha value is -1.74. The first-order valence-corrected chi connectivity index (χ1v) is 8.07. The summed E-state index contributed by atoms with van der Waals surface area (Å²) < 4.78 is 9.24. The second kappa shape index (κ2) is 5.23. The van der Waals surface area contributed by atoms with E-state index in [1.807, 2.05) is 6.07 Å². The minimum Gasteiger partial charge on any atom is -0.493 e. The third kappa shape index (κ3) is 2.36. The minimum absolute atomic E-state index is 0.518. The summed E-state index contributed by atoms with van der Waals surface area (Å²) in [6.07, 6.45) is 3.26. The summed E-state index contributed by atoms with van der Waals surface area (Å²) in [7, 11) is 0. The number of para-hydroxylation sites is 1. The van der Waals surface area contributed by atoms with Crippen LogP contribution in [0.1, 0.15) is 17.9 Å². The van der Waals surface area contributed by atoms with Crippen molar-refractivity contribution in [2.75, 3.05) is 6.61 Å². The first-order valence-electron chi connectivity index (χ1n) is 7.27. The number of rotatable bonds is 2. The summed E-state index contributed by atoms with van der Waals surface area (Å²) in [5.41, 5.74) is 2.62. The fraction of sp³-hybridized carbons (Fsp3) is 0.222. The van der Waals surface area contributed by atoms with Crippen molar-refractivity contribution >= 4 is 26.8 Å². The smallest absolute Gasteiger partial charge is 0.122 e. The lowest BCUT2D eigenvalue weighted by atomic mass is 9.93. The second-order valence-electron chi connectivity index (χ2n) is 5.54. The Balaban J connectivity index is 1.71. The molecule has 0 saturated carbocycles. The molecule has 0 bridgehead atoms. The van der Waals surface area contributed by atoms with Gasteiger partial charge in [-0.3, -0.25) is 0 Å². The monoisotopic (exact) mass is 341 g/mol. The molecule has 1 unspecified atom stereocenters. The van der Waals surface area contributed by atoms with Gasteiger partial charge in [0.05, 0.1) is 6.61 Å². The molecule has 106 valence electrons. The van der Waals surface area contributed by atoms with Crippen LogP contribution in [0.4, 0.5) is 0 Å². The van der Waals surface area contributed by atoms with Crippen LogP contribution in [0.3, 0.4) is 0 Å². The maximum absolute atomic E-state index is 5.76. The zero-order chi connectivity index (χ0) is 14.2. The highest BCUT2D eigenvalue weighted by atomic mass is 79.9. The van der Waals surface area contributed by atoms with Crippen LogP contribution in [-0.2, 0) is 6.54 Å². The van der Waals surface area contributed by atoms with Gasteiger partial charge in [-0.05, 0) is 41.6 Å². The fourth-order valence-corrected chi connectivity index (χ4v) is 3.51. The highest BCUT2D eigenvalue weighted by molar-refractivity contribution is 9.10. The van der Waals surface area contributed by atoms with Crippen LogP contribution < -0.4 is 4.74 Å². The van der Waals surface area contributed by atoms with E-state index in [0.717, 1.165) is 29.8 Å². The molecule has 2 heterocycles. The van der Waals surface area contributed by atoms with Crippen molar-refractivity contribution in [3.05, 3.63) is 64.8 Å². The number of hydrogen-bond donors (Lipinski definition) is 0. The molecule has 1 aliphatic heterocycles. The molecule has 1 aliphatic rings. The van der Waals surface area contributed by atoms with Gasteiger partial charge in [-0.25, -0.2) is 0 Å². The summed E-state index contributed by atoms with van der Waals surface area (Å²) >= 11 is 3.57. The molecule has 0 radical (unpaired) electrons. The summed E-state index contributed by atoms with van der Waals surface area (Å²) in [6, 6.07) is 17.1. The zero-order valence-corrected chi connectivity index (χ0v) is 13.2. The fourth-order valence-electron chi connectivity index (χ4n) is 3.16. The van der Waals surface area contributed by atoms with Crippen molar-refractivity contribution in [1.29, 1.82) is 0 Å². The van der Waals surface area contributed by atoms with E-state index >= 15 is 0 Å². The quantitative estimate of drug-likeness (QED) is 0.641. The molecule has 0 N–H and O–H groups in total. The van der Waals surface area contributed by atoms with Crippen LogP contribution in [0, 0.1) is 0 Å². The van der Waals surface area contributed by atoms with Gasteiger partial charge in [0.2, 0.25) is 0 Å². The molecule has 0 saturated heterocycles. The largest absolute Gasteiger partial charge is 0.493 e. The molecule has 2 nitrogen and oxygen atoms in total. The Labute approximate surface area is 132 Å². The van der Waals surface area contributed by atoms with E-state index in [0.29, 0.717) is 5.92 Å². The predicted molar refractivity (Wildman–Crippen MR) is 88.9 cm³/mol. The molecule has 21 heavy (non-hydrogen) atoms. The van der Waals surface area contributed by atoms with Crippen molar-refractivity contribution in [2.24, 2.45) is 0 Å². The topological polar surface area (TPSA) is 14.2 Å². The van der Waals surface area contributed by atoms with Gasteiger partial charge in [0, 0.05) is 28.6 Å². The maximum Gasteiger partial charge on any atom is 0.122 e. The molecular weight excluding hydrogens is 326 g/mol. The van der Waals surface area contributed by atoms with Gasteiger partial charge < -0.3 is 9.30 Å². The Kier molecular flexibility index (Phi) is 3.23. The average Bonchev–Trinajstić information content (AvgIpc) is 2.90. The van der Waals surface area contributed by atoms with Gasteiger partial charge in [0.1, 0.15) is 5.75 Å². The Morgan fingerprint density at radius 3 is 3.00 bits per heavy atom. The molecule has 3 aromatic rings. The highest BCUT2D eigenvalue weighted by Crippen LogP contribution is 2.35. The van der Waals surface area contributed by atoms with Crippen molar-refractivity contribution in [3.63, 3.8) is 0 Å². The normalized spacial score (nSPS) is 17.5. The SMILES string of the molecule is Brc1ccc2ccn(CC3CCOc4ccccc43)c2c1. The maximum atomic E-state index is 5.76. The van der Waals surface area contributed by atoms with Gasteiger partial charge in [-0.15, -0.1) is 0 Å². The van der Waals surface area contributed by atoms with E-state index in [1.54, 1.807) is 0 Å². The minimum atomic E-state index is 0.518. The molecule has 1 aromatic heterocycles. The van der Waals surface area contributed by atoms with Crippen LogP contribution in [-0.4, -0.2) is 11.2 Å². The van der Waals surface area contributed by atoms with Gasteiger partial charge in [0.15, 0.2) is 0 Å². The molecule has 0 aliphatic carbocycles. The number of aromatic nitrogens is 1. The molecular formula is C18H16BrNO. The summed E-state index contributed by atoms with van der Waals surface area (Å²) in [6.45, 7) is 1.81. The predicted octanol–water partition coefficient (Wildman–Crippen LogP) is 4.97. The zero-order valence-electron chi connectivity index (χ0n) is 11.6. The molecule has 0 fully saturated rings. The second-order valence-corrected chi connectivity index (χ2v) is 6.46. The lowest BCUT2D eigenvalue weighted by Crippen LogP contribution is -2.18. The summed E-state index contributed by atoms with van der Waals surface area (Å²) in [5.74, 6) is 1.57. The molecule has 4 rings (SSSR count). The Morgan fingerprint density at radius 2 is 2.05 bits per heavy atom. The number of hydrogen-bond acceptors (Lipinski definition) is 1. The number of fused-ring (bicyclic) bond motifs is 2. The molecule has 3 heteroatoms. The number of benzene rings is 2. The van der Waals surface area contributed by atoms with Crippen molar-refractivity contribution in [1.82, 2.24) is 4.57 Å². The van der Waals surface area contributed by atoms with E-state index in [1.165, 1.54) is 16.5 Å². The first-order chi connectivity index (χ1) is 10.3. The first kappa shape index (κ1) is 13.0. The van der Waals surface area contributed by atoms with Crippen molar-refractivity contribution < 1.29 is 4.74 Å². The summed E-state index contributed by atoms with van der Waals surface area (Å²) in [4.78, 5) is 0. The van der Waals surface area contributed by atoms with E-state index in [2.05, 4.69) is 69.2 Å². The lowest BCUT2D eigenvalue weighted by molar-refractivity contribution is 0.259. The molecule has 2 aromatic carbocycles. The number of halogens is 1. The van der Waals surface area contributed by atoms with Gasteiger partial charge in [0.25, 0.3) is 0 Å². The van der Waals surface area contributed by atoms with Crippen molar-refractivity contribution in [3.8, 4) is 5.75 Å². The standard InChI is InChI=1S/C18H16BrNO/c19-15-6-5-13-7-9-20(17(13)11-15)12-14-8-10-21-18-4-2-1-3-16(14)18/h1-7,9,11,14H,8,10,12H2. The number of nitrogens with zero attached hydrogens (tertiary/aromatic N) is 1. The van der Waals surface area contributed by atoms with E-state index < -0.39 is 0 Å². The average molecular weight is 342 g/mol. The van der Waals surface area contributed by atoms with Crippen LogP contribution in [0.15, 0.2) is 59.2 Å². The molecule has 1 atom stereocenters. The van der Waals surface area contributed by atoms with E-state index in [-0.39, 0.29) is 0 Å². The third-order valence-corrected chi connectivity index (χ3v) is 4.73. The Morgan fingerprint density at radius 1 is 1.14 bits per heavy atom. The summed E-state index contributed by atoms with van der Waals surface area (Å²) in [5, 5.41) is 1.29. The van der Waals surface area contributed by atoms with Crippen LogP contribution in [0.5, 0.6) is 5.75 Å². The van der Waals surface area contributed by atoms with E-state index in [9.17, 15) is 0 Å². The van der Waals surface area contributed by atoms with Crippen molar-refractivity contribution in [2.45, 2.75) is 18.9 Å². The number of ether oxygens (including phenoxy) is 1. The van der Waals surface area contributed by atoms with Crippen LogP contribution in [0.2, 0.25) is 0 Å². The van der Waals surface area contributed by atoms with Gasteiger partial charge >= 0.3 is 0 Å². The lowest BCUT2D eigenvalue weighted by Gasteiger charge is -2.26. The van der Waals surface area contributed by atoms with E-state index in [4.69, 9.17) is 4.74 Å². The molecule has 0 spiro atoms. The Bertz CT molecular complexity index is 793. The highest BCUT2D eigenvalue weighted by Gasteiger charge is 2.21. The van der Waals surface area contributed by atoms with Gasteiger partial charge in [-0.1, -0.05) is 40.2 Å². The molecule has 0 amide bonds.